The molecule has 0 aliphatic heterocycles. The fourth-order valence-corrected chi connectivity index (χ4v) is 1.32. The van der Waals surface area contributed by atoms with Crippen LogP contribution in [0.15, 0.2) is 12.4 Å². The third-order valence-electron chi connectivity index (χ3n) is 2.10. The van der Waals surface area contributed by atoms with Crippen molar-refractivity contribution in [1.29, 1.82) is 0 Å². The fraction of sp³-hybridized carbons (Fsp3) is 0.600. The predicted molar refractivity (Wildman–Crippen MR) is 57.8 cm³/mol. The smallest absolute Gasteiger partial charge is 0.303 e. The van der Waals surface area contributed by atoms with Crippen LogP contribution in [0.25, 0.3) is 0 Å². The molecule has 0 fully saturated rings. The Bertz CT molecular complexity index is 309. The highest BCUT2D eigenvalue weighted by molar-refractivity contribution is 5.66. The summed E-state index contributed by atoms with van der Waals surface area (Å²) in [4.78, 5) is 10.2. The van der Waals surface area contributed by atoms with Gasteiger partial charge in [0.05, 0.1) is 11.9 Å². The Morgan fingerprint density at radius 1 is 1.53 bits per heavy atom. The lowest BCUT2D eigenvalue weighted by Gasteiger charge is -2.02. The van der Waals surface area contributed by atoms with E-state index in [1.807, 2.05) is 13.2 Å². The molecule has 0 radical (unpaired) electrons. The fourth-order valence-electron chi connectivity index (χ4n) is 1.32. The summed E-state index contributed by atoms with van der Waals surface area (Å²) in [6, 6.07) is 0. The van der Waals surface area contributed by atoms with Crippen molar-refractivity contribution in [2.24, 2.45) is 7.05 Å². The zero-order chi connectivity index (χ0) is 11.1. The normalized spacial score (nSPS) is 10.2. The molecular formula is C10H17N3O2. The first kappa shape index (κ1) is 11.6. The van der Waals surface area contributed by atoms with Gasteiger partial charge in [-0.2, -0.15) is 5.10 Å². The number of carboxylic acids is 1. The summed E-state index contributed by atoms with van der Waals surface area (Å²) in [6.45, 7) is 0.866. The molecule has 0 spiro atoms. The van der Waals surface area contributed by atoms with Crippen molar-refractivity contribution < 1.29 is 9.90 Å². The van der Waals surface area contributed by atoms with Crippen molar-refractivity contribution in [2.75, 3.05) is 11.9 Å². The van der Waals surface area contributed by atoms with Crippen LogP contribution in [0.3, 0.4) is 0 Å². The lowest BCUT2D eigenvalue weighted by Crippen LogP contribution is -2.01. The number of unbranched alkanes of at least 4 members (excludes halogenated alkanes) is 2. The van der Waals surface area contributed by atoms with E-state index in [-0.39, 0.29) is 6.42 Å². The predicted octanol–water partition coefficient (Wildman–Crippen LogP) is 1.48. The molecule has 1 aromatic rings. The van der Waals surface area contributed by atoms with E-state index in [4.69, 9.17) is 5.11 Å². The SMILES string of the molecule is Cn1cc(NCCCCCC(=O)O)cn1. The highest BCUT2D eigenvalue weighted by Crippen LogP contribution is 2.05. The Morgan fingerprint density at radius 2 is 2.33 bits per heavy atom. The van der Waals surface area contributed by atoms with Crippen LogP contribution in [0.4, 0.5) is 5.69 Å². The molecule has 0 atom stereocenters. The molecule has 0 saturated heterocycles. The lowest BCUT2D eigenvalue weighted by molar-refractivity contribution is -0.137. The Balaban J connectivity index is 2.00. The number of aryl methyl sites for hydroxylation is 1. The summed E-state index contributed by atoms with van der Waals surface area (Å²) in [5, 5.41) is 15.7. The largest absolute Gasteiger partial charge is 0.481 e. The molecule has 5 heteroatoms. The van der Waals surface area contributed by atoms with Crippen molar-refractivity contribution in [3.8, 4) is 0 Å². The van der Waals surface area contributed by atoms with Crippen LogP contribution in [0, 0.1) is 0 Å². The quantitative estimate of drug-likeness (QED) is 0.670. The van der Waals surface area contributed by atoms with Gasteiger partial charge in [0.25, 0.3) is 0 Å². The van der Waals surface area contributed by atoms with Crippen LogP contribution < -0.4 is 5.32 Å². The van der Waals surface area contributed by atoms with Crippen LogP contribution in [0.5, 0.6) is 0 Å². The van der Waals surface area contributed by atoms with E-state index >= 15 is 0 Å². The van der Waals surface area contributed by atoms with Crippen LogP contribution in [0.2, 0.25) is 0 Å². The van der Waals surface area contributed by atoms with Crippen LogP contribution in [-0.4, -0.2) is 27.4 Å². The standard InChI is InChI=1S/C10H17N3O2/c1-13-8-9(7-12-13)11-6-4-2-3-5-10(14)15/h7-8,11H,2-6H2,1H3,(H,14,15). The number of hydrogen-bond donors (Lipinski definition) is 2. The van der Waals surface area contributed by atoms with E-state index in [2.05, 4.69) is 10.4 Å². The summed E-state index contributed by atoms with van der Waals surface area (Å²) in [5.41, 5.74) is 1.01. The second-order valence-corrected chi connectivity index (χ2v) is 3.53. The monoisotopic (exact) mass is 211 g/mol. The van der Waals surface area contributed by atoms with Gasteiger partial charge in [-0.15, -0.1) is 0 Å². The number of aliphatic carboxylic acids is 1. The van der Waals surface area contributed by atoms with Gasteiger partial charge in [0.15, 0.2) is 0 Å². The molecule has 84 valence electrons. The maximum Gasteiger partial charge on any atom is 0.303 e. The summed E-state index contributed by atoms with van der Waals surface area (Å²) < 4.78 is 1.74. The highest BCUT2D eigenvalue weighted by Gasteiger charge is 1.97. The maximum atomic E-state index is 10.2. The molecule has 0 aromatic carbocycles. The molecule has 5 nitrogen and oxygen atoms in total. The number of anilines is 1. The van der Waals surface area contributed by atoms with Crippen LogP contribution in [0.1, 0.15) is 25.7 Å². The minimum Gasteiger partial charge on any atom is -0.481 e. The zero-order valence-electron chi connectivity index (χ0n) is 8.94. The van der Waals surface area contributed by atoms with E-state index in [9.17, 15) is 4.79 Å². The highest BCUT2D eigenvalue weighted by atomic mass is 16.4. The van der Waals surface area contributed by atoms with Gasteiger partial charge < -0.3 is 10.4 Å². The van der Waals surface area contributed by atoms with Gasteiger partial charge in [-0.3, -0.25) is 9.48 Å². The van der Waals surface area contributed by atoms with Gasteiger partial charge in [0, 0.05) is 26.2 Å². The molecule has 0 bridgehead atoms. The first-order valence-corrected chi connectivity index (χ1v) is 5.13. The summed E-state index contributed by atoms with van der Waals surface area (Å²) in [6.07, 6.45) is 6.65. The molecule has 15 heavy (non-hydrogen) atoms. The Labute approximate surface area is 89.1 Å². The maximum absolute atomic E-state index is 10.2. The first-order chi connectivity index (χ1) is 7.18. The number of aromatic nitrogens is 2. The average molecular weight is 211 g/mol. The zero-order valence-corrected chi connectivity index (χ0v) is 8.94. The molecule has 0 aliphatic rings. The number of carboxylic acid groups (broad SMARTS) is 1. The number of rotatable bonds is 7. The van der Waals surface area contributed by atoms with Gasteiger partial charge in [-0.1, -0.05) is 6.42 Å². The topological polar surface area (TPSA) is 67.2 Å². The van der Waals surface area contributed by atoms with E-state index < -0.39 is 5.97 Å². The molecule has 1 heterocycles. The van der Waals surface area contributed by atoms with Gasteiger partial charge in [0.1, 0.15) is 0 Å². The van der Waals surface area contributed by atoms with Crippen molar-refractivity contribution in [3.63, 3.8) is 0 Å². The summed E-state index contributed by atoms with van der Waals surface area (Å²) >= 11 is 0. The Morgan fingerprint density at radius 3 is 2.93 bits per heavy atom. The molecule has 1 rings (SSSR count). The molecule has 0 amide bonds. The van der Waals surface area contributed by atoms with E-state index in [1.54, 1.807) is 10.9 Å². The van der Waals surface area contributed by atoms with Crippen molar-refractivity contribution in [1.82, 2.24) is 9.78 Å². The number of nitrogens with one attached hydrogen (secondary N) is 1. The third-order valence-corrected chi connectivity index (χ3v) is 2.10. The second kappa shape index (κ2) is 6.06. The molecular weight excluding hydrogens is 194 g/mol. The molecule has 2 N–H and O–H groups in total. The van der Waals surface area contributed by atoms with Gasteiger partial charge >= 0.3 is 5.97 Å². The molecule has 0 saturated carbocycles. The van der Waals surface area contributed by atoms with Crippen LogP contribution >= 0.6 is 0 Å². The molecule has 0 unspecified atom stereocenters. The van der Waals surface area contributed by atoms with Gasteiger partial charge in [-0.05, 0) is 12.8 Å². The Hall–Kier alpha value is -1.52. The lowest BCUT2D eigenvalue weighted by atomic mass is 10.2. The van der Waals surface area contributed by atoms with Crippen molar-refractivity contribution in [3.05, 3.63) is 12.4 Å². The van der Waals surface area contributed by atoms with Crippen LogP contribution in [-0.2, 0) is 11.8 Å². The van der Waals surface area contributed by atoms with Crippen molar-refractivity contribution >= 4 is 11.7 Å². The number of carbonyl (C=O) groups is 1. The second-order valence-electron chi connectivity index (χ2n) is 3.53. The summed E-state index contributed by atoms with van der Waals surface area (Å²) in [7, 11) is 1.87. The number of nitrogens with zero attached hydrogens (tertiary/aromatic N) is 2. The molecule has 1 aromatic heterocycles. The summed E-state index contributed by atoms with van der Waals surface area (Å²) in [5.74, 6) is -0.713. The Kier molecular flexibility index (Phi) is 4.66. The van der Waals surface area contributed by atoms with Gasteiger partial charge in [0.2, 0.25) is 0 Å². The van der Waals surface area contributed by atoms with Crippen molar-refractivity contribution in [2.45, 2.75) is 25.7 Å². The minimum absolute atomic E-state index is 0.271. The number of hydrogen-bond acceptors (Lipinski definition) is 3. The minimum atomic E-state index is -0.713. The first-order valence-electron chi connectivity index (χ1n) is 5.13. The third kappa shape index (κ3) is 5.05. The average Bonchev–Trinajstić information content (AvgIpc) is 2.57. The van der Waals surface area contributed by atoms with Gasteiger partial charge in [-0.25, -0.2) is 0 Å². The van der Waals surface area contributed by atoms with E-state index in [1.165, 1.54) is 0 Å². The van der Waals surface area contributed by atoms with E-state index in [0.29, 0.717) is 0 Å². The molecule has 0 aliphatic carbocycles. The van der Waals surface area contributed by atoms with E-state index in [0.717, 1.165) is 31.5 Å².